The van der Waals surface area contributed by atoms with Crippen molar-refractivity contribution in [2.45, 2.75) is 18.3 Å². The number of nitrogens with zero attached hydrogens (tertiary/aromatic N) is 2. The summed E-state index contributed by atoms with van der Waals surface area (Å²) in [6, 6.07) is 12.7. The zero-order chi connectivity index (χ0) is 21.5. The number of rotatable bonds is 9. The number of carbonyl (C=O) groups is 1. The molecule has 0 fully saturated rings. The lowest BCUT2D eigenvalue weighted by molar-refractivity contribution is -0.113. The predicted octanol–water partition coefficient (Wildman–Crippen LogP) is 3.83. The molecule has 0 saturated carbocycles. The van der Waals surface area contributed by atoms with Crippen molar-refractivity contribution in [2.75, 3.05) is 25.3 Å². The minimum Gasteiger partial charge on any atom is -0.497 e. The summed E-state index contributed by atoms with van der Waals surface area (Å²) in [5.41, 5.74) is 2.14. The van der Waals surface area contributed by atoms with Crippen LogP contribution in [0.2, 0.25) is 5.02 Å². The van der Waals surface area contributed by atoms with Gasteiger partial charge in [0.25, 0.3) is 0 Å². The lowest BCUT2D eigenvalue weighted by Gasteiger charge is -2.12. The molecule has 0 unspecified atom stereocenters. The van der Waals surface area contributed by atoms with Crippen molar-refractivity contribution in [1.82, 2.24) is 9.55 Å². The Morgan fingerprint density at radius 1 is 1.20 bits per heavy atom. The molecule has 0 bridgehead atoms. The van der Waals surface area contributed by atoms with E-state index in [0.29, 0.717) is 39.6 Å². The van der Waals surface area contributed by atoms with Crippen LogP contribution in [0.15, 0.2) is 53.8 Å². The minimum atomic E-state index is -0.199. The number of carbonyl (C=O) groups excluding carboxylic acids is 1. The third kappa shape index (κ3) is 5.69. The maximum absolute atomic E-state index is 12.5. The fourth-order valence-corrected chi connectivity index (χ4v) is 3.68. The molecule has 0 radical (unpaired) electrons. The lowest BCUT2D eigenvalue weighted by Crippen LogP contribution is -2.15. The summed E-state index contributed by atoms with van der Waals surface area (Å²) >= 11 is 7.24. The lowest BCUT2D eigenvalue weighted by atomic mass is 10.2. The van der Waals surface area contributed by atoms with Gasteiger partial charge in [0.2, 0.25) is 5.91 Å². The highest BCUT2D eigenvalue weighted by molar-refractivity contribution is 7.99. The summed E-state index contributed by atoms with van der Waals surface area (Å²) in [4.78, 5) is 16.9. The number of amides is 1. The molecule has 0 aliphatic heterocycles. The number of hydrogen-bond acceptors (Lipinski definition) is 6. The minimum absolute atomic E-state index is 0.150. The van der Waals surface area contributed by atoms with Gasteiger partial charge in [-0.2, -0.15) is 0 Å². The van der Waals surface area contributed by atoms with Gasteiger partial charge in [-0.25, -0.2) is 4.98 Å². The average Bonchev–Trinajstić information content (AvgIpc) is 3.16. The first-order valence-corrected chi connectivity index (χ1v) is 10.4. The number of benzene rings is 2. The van der Waals surface area contributed by atoms with Crippen LogP contribution < -0.4 is 14.8 Å². The second kappa shape index (κ2) is 10.4. The van der Waals surface area contributed by atoms with E-state index in [9.17, 15) is 9.90 Å². The van der Waals surface area contributed by atoms with Gasteiger partial charge in [-0.3, -0.25) is 4.79 Å². The summed E-state index contributed by atoms with van der Waals surface area (Å²) in [6.07, 6.45) is 1.78. The molecule has 2 N–H and O–H groups in total. The summed E-state index contributed by atoms with van der Waals surface area (Å²) in [6.45, 7) is 0.386. The molecule has 0 aliphatic rings. The SMILES string of the molecule is COc1ccc(NC(=O)CSc2nc(CO)cn2Cc2ccc(Cl)cc2)c(OC)c1. The molecular formula is C21H22ClN3O4S. The van der Waals surface area contributed by atoms with Gasteiger partial charge in [0.15, 0.2) is 5.16 Å². The number of anilines is 1. The van der Waals surface area contributed by atoms with E-state index in [0.717, 1.165) is 5.56 Å². The van der Waals surface area contributed by atoms with E-state index in [1.165, 1.54) is 18.9 Å². The Bertz CT molecular complexity index is 1010. The van der Waals surface area contributed by atoms with E-state index >= 15 is 0 Å². The van der Waals surface area contributed by atoms with Crippen molar-refractivity contribution in [2.24, 2.45) is 0 Å². The molecule has 1 aromatic heterocycles. The number of methoxy groups -OCH3 is 2. The van der Waals surface area contributed by atoms with Gasteiger partial charge in [-0.15, -0.1) is 0 Å². The zero-order valence-corrected chi connectivity index (χ0v) is 18.2. The number of aliphatic hydroxyl groups is 1. The molecule has 0 aliphatic carbocycles. The summed E-state index contributed by atoms with van der Waals surface area (Å²) in [5, 5.41) is 13.6. The second-order valence-electron chi connectivity index (χ2n) is 6.33. The van der Waals surface area contributed by atoms with Crippen molar-refractivity contribution in [3.05, 3.63) is 64.9 Å². The van der Waals surface area contributed by atoms with Crippen LogP contribution in [-0.4, -0.2) is 40.5 Å². The number of imidazole rings is 1. The van der Waals surface area contributed by atoms with Crippen LogP contribution in [0.4, 0.5) is 5.69 Å². The van der Waals surface area contributed by atoms with E-state index in [4.69, 9.17) is 21.1 Å². The zero-order valence-electron chi connectivity index (χ0n) is 16.6. The van der Waals surface area contributed by atoms with Crippen LogP contribution in [0, 0.1) is 0 Å². The van der Waals surface area contributed by atoms with Crippen LogP contribution in [0.25, 0.3) is 0 Å². The number of aliphatic hydroxyl groups excluding tert-OH is 1. The maximum atomic E-state index is 12.5. The van der Waals surface area contributed by atoms with Crippen molar-refractivity contribution in [3.63, 3.8) is 0 Å². The summed E-state index contributed by atoms with van der Waals surface area (Å²) < 4.78 is 12.4. The first-order chi connectivity index (χ1) is 14.5. The first-order valence-electron chi connectivity index (χ1n) is 9.08. The largest absolute Gasteiger partial charge is 0.497 e. The first kappa shape index (κ1) is 22.0. The Hall–Kier alpha value is -2.68. The van der Waals surface area contributed by atoms with Gasteiger partial charge in [0, 0.05) is 23.8 Å². The Morgan fingerprint density at radius 2 is 1.97 bits per heavy atom. The standard InChI is InChI=1S/C21H22ClN3O4S/c1-28-17-7-8-18(19(9-17)29-2)24-20(27)13-30-21-23-16(12-26)11-25(21)10-14-3-5-15(22)6-4-14/h3-9,11,26H,10,12-13H2,1-2H3,(H,24,27). The van der Waals surface area contributed by atoms with E-state index in [1.807, 2.05) is 28.8 Å². The fourth-order valence-electron chi connectivity index (χ4n) is 2.76. The number of ether oxygens (including phenoxy) is 2. The third-order valence-corrected chi connectivity index (χ3v) is 5.48. The monoisotopic (exact) mass is 447 g/mol. The number of hydrogen-bond donors (Lipinski definition) is 2. The normalized spacial score (nSPS) is 10.7. The van der Waals surface area contributed by atoms with Gasteiger partial charge >= 0.3 is 0 Å². The van der Waals surface area contributed by atoms with Crippen LogP contribution in [-0.2, 0) is 17.9 Å². The summed E-state index contributed by atoms with van der Waals surface area (Å²) in [7, 11) is 3.10. The quantitative estimate of drug-likeness (QED) is 0.485. The Balaban J connectivity index is 1.67. The fraction of sp³-hybridized carbons (Fsp3) is 0.238. The maximum Gasteiger partial charge on any atom is 0.234 e. The Labute approximate surface area is 184 Å². The van der Waals surface area contributed by atoms with Crippen molar-refractivity contribution < 1.29 is 19.4 Å². The third-order valence-electron chi connectivity index (χ3n) is 4.23. The molecule has 158 valence electrons. The number of thioether (sulfide) groups is 1. The molecule has 7 nitrogen and oxygen atoms in total. The van der Waals surface area contributed by atoms with Crippen LogP contribution in [0.1, 0.15) is 11.3 Å². The van der Waals surface area contributed by atoms with Gasteiger partial charge in [-0.1, -0.05) is 35.5 Å². The number of nitrogens with one attached hydrogen (secondary N) is 1. The molecule has 30 heavy (non-hydrogen) atoms. The molecule has 1 amide bonds. The topological polar surface area (TPSA) is 85.6 Å². The van der Waals surface area contributed by atoms with E-state index in [1.54, 1.807) is 31.5 Å². The van der Waals surface area contributed by atoms with Gasteiger partial charge in [0.05, 0.1) is 38.0 Å². The van der Waals surface area contributed by atoms with E-state index in [-0.39, 0.29) is 18.3 Å². The van der Waals surface area contributed by atoms with Gasteiger partial charge in [-0.05, 0) is 29.8 Å². The van der Waals surface area contributed by atoms with E-state index < -0.39 is 0 Å². The molecule has 0 atom stereocenters. The molecule has 2 aromatic carbocycles. The average molecular weight is 448 g/mol. The predicted molar refractivity (Wildman–Crippen MR) is 118 cm³/mol. The van der Waals surface area contributed by atoms with Gasteiger partial charge < -0.3 is 24.5 Å². The Kier molecular flexibility index (Phi) is 7.62. The smallest absolute Gasteiger partial charge is 0.234 e. The molecule has 3 aromatic rings. The molecule has 1 heterocycles. The van der Waals surface area contributed by atoms with Gasteiger partial charge in [0.1, 0.15) is 11.5 Å². The van der Waals surface area contributed by atoms with Crippen molar-refractivity contribution >= 4 is 35.0 Å². The van der Waals surface area contributed by atoms with Crippen LogP contribution in [0.5, 0.6) is 11.5 Å². The van der Waals surface area contributed by atoms with Crippen molar-refractivity contribution in [1.29, 1.82) is 0 Å². The second-order valence-corrected chi connectivity index (χ2v) is 7.71. The molecule has 0 saturated heterocycles. The van der Waals surface area contributed by atoms with Crippen LogP contribution in [0.3, 0.4) is 0 Å². The molecular weight excluding hydrogens is 426 g/mol. The van der Waals surface area contributed by atoms with Crippen molar-refractivity contribution in [3.8, 4) is 11.5 Å². The van der Waals surface area contributed by atoms with E-state index in [2.05, 4.69) is 10.3 Å². The molecule has 9 heteroatoms. The number of aromatic nitrogens is 2. The summed E-state index contributed by atoms with van der Waals surface area (Å²) in [5.74, 6) is 1.10. The van der Waals surface area contributed by atoms with Crippen LogP contribution >= 0.6 is 23.4 Å². The number of halogens is 1. The highest BCUT2D eigenvalue weighted by Crippen LogP contribution is 2.29. The highest BCUT2D eigenvalue weighted by atomic mass is 35.5. The Morgan fingerprint density at radius 3 is 2.63 bits per heavy atom. The molecule has 3 rings (SSSR count). The highest BCUT2D eigenvalue weighted by Gasteiger charge is 2.13. The molecule has 0 spiro atoms.